The maximum absolute atomic E-state index is 5.26. The van der Waals surface area contributed by atoms with Crippen LogP contribution >= 0.6 is 0 Å². The first-order valence-corrected chi connectivity index (χ1v) is 6.75. The summed E-state index contributed by atoms with van der Waals surface area (Å²) in [5, 5.41) is 0. The second kappa shape index (κ2) is 14.2. The summed E-state index contributed by atoms with van der Waals surface area (Å²) in [5.74, 6) is 0. The average Bonchev–Trinajstić information content (AvgIpc) is 2.31. The molecule has 0 aliphatic heterocycles. The standard InChI is InChI=1S/C16H27/c1-3-5-7-9-11-13-15-16-14-12-10-8-6-4-2/h1,3,7,9,13,15H,4-6,8,10-12,14,16H2,2H3. The molecule has 0 aliphatic rings. The summed E-state index contributed by atoms with van der Waals surface area (Å²) >= 11 is 0. The second-order valence-corrected chi connectivity index (χ2v) is 4.21. The van der Waals surface area contributed by atoms with Crippen molar-refractivity contribution in [2.45, 2.75) is 64.7 Å². The Bertz CT molecular complexity index is 186. The van der Waals surface area contributed by atoms with Crippen LogP contribution in [0.3, 0.4) is 0 Å². The van der Waals surface area contributed by atoms with Crippen LogP contribution in [0.2, 0.25) is 0 Å². The van der Waals surface area contributed by atoms with E-state index in [9.17, 15) is 0 Å². The molecule has 0 aromatic heterocycles. The number of hydrogen-bond donors (Lipinski definition) is 0. The minimum atomic E-state index is 0.880. The summed E-state index contributed by atoms with van der Waals surface area (Å²) in [7, 11) is 0. The van der Waals surface area contributed by atoms with Crippen molar-refractivity contribution in [3.8, 4) is 0 Å². The summed E-state index contributed by atoms with van der Waals surface area (Å²) in [6, 6.07) is 0. The molecule has 0 N–H and O–H groups in total. The van der Waals surface area contributed by atoms with Gasteiger partial charge in [0.25, 0.3) is 0 Å². The van der Waals surface area contributed by atoms with Crippen molar-refractivity contribution in [2.24, 2.45) is 0 Å². The Morgan fingerprint density at radius 3 is 2.12 bits per heavy atom. The van der Waals surface area contributed by atoms with E-state index < -0.39 is 0 Å². The van der Waals surface area contributed by atoms with Gasteiger partial charge in [-0.15, -0.1) is 0 Å². The van der Waals surface area contributed by atoms with Gasteiger partial charge in [0.15, 0.2) is 0 Å². The van der Waals surface area contributed by atoms with Crippen LogP contribution in [-0.2, 0) is 0 Å². The van der Waals surface area contributed by atoms with Crippen LogP contribution in [0, 0.1) is 6.58 Å². The zero-order valence-corrected chi connectivity index (χ0v) is 10.8. The van der Waals surface area contributed by atoms with Crippen LogP contribution in [0.4, 0.5) is 0 Å². The number of allylic oxidation sites excluding steroid dienone is 5. The second-order valence-electron chi connectivity index (χ2n) is 4.21. The largest absolute Gasteiger partial charge is 0.0882 e. The minimum absolute atomic E-state index is 0.880. The molecule has 1 radical (unpaired) electrons. The lowest BCUT2D eigenvalue weighted by Crippen LogP contribution is -1.77. The molecule has 0 atom stereocenters. The van der Waals surface area contributed by atoms with Crippen LogP contribution in [-0.4, -0.2) is 0 Å². The summed E-state index contributed by atoms with van der Waals surface area (Å²) in [4.78, 5) is 0. The highest BCUT2D eigenvalue weighted by molar-refractivity contribution is 4.94. The zero-order valence-electron chi connectivity index (χ0n) is 10.8. The van der Waals surface area contributed by atoms with E-state index in [4.69, 9.17) is 6.58 Å². The van der Waals surface area contributed by atoms with Crippen LogP contribution in [0.1, 0.15) is 64.7 Å². The molecule has 0 saturated heterocycles. The van der Waals surface area contributed by atoms with E-state index in [1.165, 1.54) is 44.9 Å². The Morgan fingerprint density at radius 2 is 1.38 bits per heavy atom. The van der Waals surface area contributed by atoms with Crippen molar-refractivity contribution >= 4 is 0 Å². The third-order valence-corrected chi connectivity index (χ3v) is 2.60. The predicted molar refractivity (Wildman–Crippen MR) is 74.4 cm³/mol. The van der Waals surface area contributed by atoms with Crippen molar-refractivity contribution in [3.05, 3.63) is 37.0 Å². The first-order chi connectivity index (χ1) is 7.91. The lowest BCUT2D eigenvalue weighted by atomic mass is 10.1. The smallest absolute Gasteiger partial charge is 0.0166 e. The van der Waals surface area contributed by atoms with E-state index in [0.717, 1.165) is 12.8 Å². The molecule has 0 aromatic carbocycles. The highest BCUT2D eigenvalue weighted by atomic mass is 13.9. The Balaban J connectivity index is 3.12. The molecule has 91 valence electrons. The summed E-state index contributed by atoms with van der Waals surface area (Å²) in [5.41, 5.74) is 0. The quantitative estimate of drug-likeness (QED) is 0.312. The highest BCUT2D eigenvalue weighted by Crippen LogP contribution is 2.07. The fourth-order valence-corrected chi connectivity index (χ4v) is 1.61. The van der Waals surface area contributed by atoms with Gasteiger partial charge in [-0.2, -0.15) is 0 Å². The van der Waals surface area contributed by atoms with Gasteiger partial charge >= 0.3 is 0 Å². The first-order valence-electron chi connectivity index (χ1n) is 6.75. The molecule has 0 spiro atoms. The van der Waals surface area contributed by atoms with E-state index in [-0.39, 0.29) is 0 Å². The van der Waals surface area contributed by atoms with E-state index >= 15 is 0 Å². The Hall–Kier alpha value is -0.780. The van der Waals surface area contributed by atoms with Gasteiger partial charge in [-0.3, -0.25) is 0 Å². The molecule has 0 heteroatoms. The Labute approximate surface area is 102 Å². The van der Waals surface area contributed by atoms with Crippen LogP contribution in [0.5, 0.6) is 0 Å². The van der Waals surface area contributed by atoms with E-state index in [2.05, 4.69) is 31.2 Å². The molecule has 0 bridgehead atoms. The van der Waals surface area contributed by atoms with Gasteiger partial charge in [0.1, 0.15) is 0 Å². The molecule has 0 saturated carbocycles. The van der Waals surface area contributed by atoms with Gasteiger partial charge in [-0.05, 0) is 25.7 Å². The lowest BCUT2D eigenvalue weighted by molar-refractivity contribution is 0.611. The predicted octanol–water partition coefficient (Wildman–Crippen LogP) is 5.62. The van der Waals surface area contributed by atoms with Crippen molar-refractivity contribution in [2.75, 3.05) is 0 Å². The van der Waals surface area contributed by atoms with E-state index in [1.54, 1.807) is 6.08 Å². The van der Waals surface area contributed by atoms with Crippen molar-refractivity contribution < 1.29 is 0 Å². The van der Waals surface area contributed by atoms with Crippen molar-refractivity contribution in [3.63, 3.8) is 0 Å². The molecular weight excluding hydrogens is 192 g/mol. The van der Waals surface area contributed by atoms with Gasteiger partial charge in [0, 0.05) is 0 Å². The Morgan fingerprint density at radius 1 is 0.750 bits per heavy atom. The number of rotatable bonds is 11. The molecule has 0 unspecified atom stereocenters. The maximum atomic E-state index is 5.26. The molecule has 16 heavy (non-hydrogen) atoms. The molecule has 0 aromatic rings. The summed E-state index contributed by atoms with van der Waals surface area (Å²) < 4.78 is 0. The minimum Gasteiger partial charge on any atom is -0.0882 e. The van der Waals surface area contributed by atoms with Crippen molar-refractivity contribution in [1.82, 2.24) is 0 Å². The number of unbranched alkanes of at least 4 members (excludes halogenated alkanes) is 6. The third kappa shape index (κ3) is 13.2. The van der Waals surface area contributed by atoms with Crippen LogP contribution in [0.15, 0.2) is 30.4 Å². The normalized spacial score (nSPS) is 11.6. The SMILES string of the molecule is [CH]=CCC=CCC=CCCCCCCCC. The molecule has 0 rings (SSSR count). The van der Waals surface area contributed by atoms with Gasteiger partial charge in [0.05, 0.1) is 0 Å². The monoisotopic (exact) mass is 219 g/mol. The Kier molecular flexibility index (Phi) is 13.5. The molecule has 0 fully saturated rings. The zero-order chi connectivity index (χ0) is 11.9. The fourth-order valence-electron chi connectivity index (χ4n) is 1.61. The van der Waals surface area contributed by atoms with Gasteiger partial charge < -0.3 is 0 Å². The van der Waals surface area contributed by atoms with Crippen LogP contribution < -0.4 is 0 Å². The van der Waals surface area contributed by atoms with Crippen molar-refractivity contribution in [1.29, 1.82) is 0 Å². The third-order valence-electron chi connectivity index (χ3n) is 2.60. The molecule has 0 nitrogen and oxygen atoms in total. The van der Waals surface area contributed by atoms with Crippen LogP contribution in [0.25, 0.3) is 0 Å². The topological polar surface area (TPSA) is 0 Å². The molecule has 0 heterocycles. The lowest BCUT2D eigenvalue weighted by Gasteiger charge is -1.97. The maximum Gasteiger partial charge on any atom is -0.0166 e. The van der Waals surface area contributed by atoms with Gasteiger partial charge in [-0.1, -0.05) is 76.0 Å². The molecule has 0 amide bonds. The van der Waals surface area contributed by atoms with E-state index in [1.807, 2.05) is 0 Å². The van der Waals surface area contributed by atoms with Gasteiger partial charge in [-0.25, -0.2) is 0 Å². The fraction of sp³-hybridized carbons (Fsp3) is 0.625. The first kappa shape index (κ1) is 15.2. The highest BCUT2D eigenvalue weighted by Gasteiger charge is 1.87. The van der Waals surface area contributed by atoms with Gasteiger partial charge in [0.2, 0.25) is 0 Å². The summed E-state index contributed by atoms with van der Waals surface area (Å²) in [6.45, 7) is 7.53. The molecule has 0 aliphatic carbocycles. The summed E-state index contributed by atoms with van der Waals surface area (Å²) in [6.07, 6.45) is 22.0. The van der Waals surface area contributed by atoms with E-state index in [0.29, 0.717) is 0 Å². The molecular formula is C16H27. The number of hydrogen-bond acceptors (Lipinski definition) is 0. The average molecular weight is 219 g/mol.